The fraction of sp³-hybridized carbons (Fsp3) is 0.588. The zero-order valence-corrected chi connectivity index (χ0v) is 15.4. The van der Waals surface area contributed by atoms with Crippen LogP contribution in [0.15, 0.2) is 33.9 Å². The molecule has 2 fully saturated rings. The highest BCUT2D eigenvalue weighted by atomic mass is 32.2. The van der Waals surface area contributed by atoms with Crippen molar-refractivity contribution in [3.8, 4) is 0 Å². The summed E-state index contributed by atoms with van der Waals surface area (Å²) in [6, 6.07) is 3.20. The lowest BCUT2D eigenvalue weighted by atomic mass is 9.97. The van der Waals surface area contributed by atoms with E-state index in [-0.39, 0.29) is 10.8 Å². The van der Waals surface area contributed by atoms with E-state index in [2.05, 4.69) is 15.1 Å². The number of aromatic nitrogens is 3. The largest absolute Gasteiger partial charge is 0.339 e. The fourth-order valence-electron chi connectivity index (χ4n) is 3.82. The van der Waals surface area contributed by atoms with Crippen molar-refractivity contribution in [2.75, 3.05) is 13.1 Å². The molecule has 0 bridgehead atoms. The number of nitrogens with zero attached hydrogens (tertiary/aromatic N) is 4. The Bertz CT molecular complexity index is 854. The Hall–Kier alpha value is -1.84. The van der Waals surface area contributed by atoms with Crippen molar-refractivity contribution in [3.05, 3.63) is 36.2 Å². The van der Waals surface area contributed by atoms with E-state index in [0.717, 1.165) is 25.7 Å². The molecule has 0 amide bonds. The minimum Gasteiger partial charge on any atom is -0.339 e. The van der Waals surface area contributed by atoms with Gasteiger partial charge in [-0.1, -0.05) is 18.0 Å². The number of rotatable bonds is 4. The van der Waals surface area contributed by atoms with E-state index in [0.29, 0.717) is 37.6 Å². The van der Waals surface area contributed by atoms with Gasteiger partial charge in [-0.15, -0.1) is 0 Å². The monoisotopic (exact) mass is 377 g/mol. The van der Waals surface area contributed by atoms with Gasteiger partial charge in [0.15, 0.2) is 5.82 Å². The molecule has 1 aliphatic heterocycles. The quantitative estimate of drug-likeness (QED) is 0.863. The summed E-state index contributed by atoms with van der Waals surface area (Å²) in [6.45, 7) is 0.848. The van der Waals surface area contributed by atoms with Crippen molar-refractivity contribution >= 4 is 10.0 Å². The van der Waals surface area contributed by atoms with Crippen LogP contribution < -0.4 is 5.73 Å². The van der Waals surface area contributed by atoms with Crippen LogP contribution in [-0.4, -0.2) is 40.9 Å². The highest BCUT2D eigenvalue weighted by Crippen LogP contribution is 2.36. The number of hydrogen-bond acceptors (Lipinski definition) is 7. The first kappa shape index (κ1) is 17.6. The summed E-state index contributed by atoms with van der Waals surface area (Å²) in [5, 5.41) is 4.11. The van der Waals surface area contributed by atoms with Gasteiger partial charge in [0.2, 0.25) is 15.9 Å². The maximum absolute atomic E-state index is 12.7. The normalized spacial score (nSPS) is 21.9. The van der Waals surface area contributed by atoms with Gasteiger partial charge in [0.05, 0.1) is 5.54 Å². The molecule has 2 aromatic heterocycles. The van der Waals surface area contributed by atoms with Crippen LogP contribution in [0.5, 0.6) is 0 Å². The molecule has 0 spiro atoms. The van der Waals surface area contributed by atoms with E-state index in [1.807, 2.05) is 0 Å². The van der Waals surface area contributed by atoms with Crippen molar-refractivity contribution in [2.24, 2.45) is 5.73 Å². The number of sulfonamides is 1. The molecule has 1 aliphatic carbocycles. The summed E-state index contributed by atoms with van der Waals surface area (Å²) >= 11 is 0. The molecule has 8 nitrogen and oxygen atoms in total. The molecule has 1 saturated carbocycles. The molecule has 0 radical (unpaired) electrons. The highest BCUT2D eigenvalue weighted by Gasteiger charge is 2.38. The van der Waals surface area contributed by atoms with Crippen LogP contribution in [0.3, 0.4) is 0 Å². The second kappa shape index (κ2) is 6.71. The maximum atomic E-state index is 12.7. The molecule has 2 N–H and O–H groups in total. The van der Waals surface area contributed by atoms with Crippen molar-refractivity contribution < 1.29 is 12.9 Å². The second-order valence-electron chi connectivity index (χ2n) is 7.19. The summed E-state index contributed by atoms with van der Waals surface area (Å²) < 4.78 is 32.3. The van der Waals surface area contributed by atoms with Crippen LogP contribution in [0.25, 0.3) is 0 Å². The molecule has 4 rings (SSSR count). The lowest BCUT2D eigenvalue weighted by Gasteiger charge is -2.29. The van der Waals surface area contributed by atoms with Gasteiger partial charge in [-0.2, -0.15) is 9.29 Å². The number of hydrogen-bond donors (Lipinski definition) is 1. The fourth-order valence-corrected chi connectivity index (χ4v) is 5.26. The standard InChI is InChI=1S/C17H23N5O3S/c18-17(7-1-2-8-17)16-20-15(25-21-16)13-5-10-22(11-6-13)26(23,24)14-4-3-9-19-12-14/h3-4,9,12-13H,1-2,5-8,10-11,18H2. The molecule has 0 atom stereocenters. The first-order chi connectivity index (χ1) is 12.5. The molecule has 9 heteroatoms. The van der Waals surface area contributed by atoms with Crippen LogP contribution in [0.4, 0.5) is 0 Å². The SMILES string of the molecule is NC1(c2noc(C3CCN(S(=O)(=O)c4cccnc4)CC3)n2)CCCC1. The van der Waals surface area contributed by atoms with Gasteiger partial charge >= 0.3 is 0 Å². The Labute approximate surface area is 152 Å². The van der Waals surface area contributed by atoms with Gasteiger partial charge in [0, 0.05) is 31.4 Å². The first-order valence-electron chi connectivity index (χ1n) is 9.02. The Morgan fingerprint density at radius 3 is 2.62 bits per heavy atom. The minimum atomic E-state index is -3.50. The predicted octanol–water partition coefficient (Wildman–Crippen LogP) is 1.76. The van der Waals surface area contributed by atoms with E-state index >= 15 is 0 Å². The Balaban J connectivity index is 1.44. The molecule has 2 aliphatic rings. The van der Waals surface area contributed by atoms with Crippen molar-refractivity contribution in [3.63, 3.8) is 0 Å². The van der Waals surface area contributed by atoms with Crippen molar-refractivity contribution in [2.45, 2.75) is 54.9 Å². The summed E-state index contributed by atoms with van der Waals surface area (Å²) in [6.07, 6.45) is 8.19. The van der Waals surface area contributed by atoms with Crippen LogP contribution in [0, 0.1) is 0 Å². The third-order valence-electron chi connectivity index (χ3n) is 5.46. The van der Waals surface area contributed by atoms with Crippen LogP contribution in [0.2, 0.25) is 0 Å². The molecule has 26 heavy (non-hydrogen) atoms. The third kappa shape index (κ3) is 3.15. The van der Waals surface area contributed by atoms with E-state index in [1.54, 1.807) is 18.3 Å². The van der Waals surface area contributed by atoms with Crippen molar-refractivity contribution in [1.29, 1.82) is 0 Å². The molecule has 140 valence electrons. The Morgan fingerprint density at radius 2 is 1.96 bits per heavy atom. The number of piperidine rings is 1. The minimum absolute atomic E-state index is 0.0709. The van der Waals surface area contributed by atoms with E-state index in [1.165, 1.54) is 10.5 Å². The predicted molar refractivity (Wildman–Crippen MR) is 93.6 cm³/mol. The smallest absolute Gasteiger partial charge is 0.244 e. The number of pyridine rings is 1. The second-order valence-corrected chi connectivity index (χ2v) is 9.12. The van der Waals surface area contributed by atoms with E-state index in [4.69, 9.17) is 10.3 Å². The summed E-state index contributed by atoms with van der Waals surface area (Å²) in [4.78, 5) is 8.68. The van der Waals surface area contributed by atoms with Gasteiger partial charge in [0.1, 0.15) is 4.90 Å². The lowest BCUT2D eigenvalue weighted by molar-refractivity contribution is 0.268. The van der Waals surface area contributed by atoms with Crippen molar-refractivity contribution in [1.82, 2.24) is 19.4 Å². The molecular weight excluding hydrogens is 354 g/mol. The molecule has 0 aromatic carbocycles. The van der Waals surface area contributed by atoms with Gasteiger partial charge < -0.3 is 10.3 Å². The van der Waals surface area contributed by atoms with Gasteiger partial charge in [-0.3, -0.25) is 4.98 Å². The zero-order chi connectivity index (χ0) is 18.2. The molecular formula is C17H23N5O3S. The Morgan fingerprint density at radius 1 is 1.23 bits per heavy atom. The third-order valence-corrected chi connectivity index (χ3v) is 7.34. The topological polar surface area (TPSA) is 115 Å². The zero-order valence-electron chi connectivity index (χ0n) is 14.5. The summed E-state index contributed by atoms with van der Waals surface area (Å²) in [7, 11) is -3.50. The van der Waals surface area contributed by atoms with Gasteiger partial charge in [-0.05, 0) is 37.8 Å². The summed E-state index contributed by atoms with van der Waals surface area (Å²) in [5.41, 5.74) is 5.92. The number of nitrogens with two attached hydrogens (primary N) is 1. The maximum Gasteiger partial charge on any atom is 0.244 e. The average molecular weight is 377 g/mol. The molecule has 3 heterocycles. The van der Waals surface area contributed by atoms with Crippen LogP contribution in [-0.2, 0) is 15.6 Å². The van der Waals surface area contributed by atoms with E-state index in [9.17, 15) is 8.42 Å². The van der Waals surface area contributed by atoms with Gasteiger partial charge in [0.25, 0.3) is 0 Å². The van der Waals surface area contributed by atoms with E-state index < -0.39 is 15.6 Å². The summed E-state index contributed by atoms with van der Waals surface area (Å²) in [5.74, 6) is 1.24. The lowest BCUT2D eigenvalue weighted by Crippen LogP contribution is -2.38. The van der Waals surface area contributed by atoms with Crippen LogP contribution in [0.1, 0.15) is 56.2 Å². The molecule has 2 aromatic rings. The molecule has 1 saturated heterocycles. The molecule has 0 unspecified atom stereocenters. The average Bonchev–Trinajstić information content (AvgIpc) is 3.33. The Kier molecular flexibility index (Phi) is 4.54. The first-order valence-corrected chi connectivity index (χ1v) is 10.5. The van der Waals surface area contributed by atoms with Gasteiger partial charge in [-0.25, -0.2) is 8.42 Å². The highest BCUT2D eigenvalue weighted by molar-refractivity contribution is 7.89. The van der Waals surface area contributed by atoms with Crippen LogP contribution >= 0.6 is 0 Å².